The lowest BCUT2D eigenvalue weighted by atomic mass is 10.1. The molecule has 0 aromatic heterocycles. The van der Waals surface area contributed by atoms with Gasteiger partial charge in [-0.05, 0) is 44.0 Å². The smallest absolute Gasteiger partial charge is 0.251 e. The molecule has 0 saturated heterocycles. The number of amides is 1. The van der Waals surface area contributed by atoms with Crippen LogP contribution in [0.5, 0.6) is 0 Å². The molecule has 20 heavy (non-hydrogen) atoms. The molecule has 1 rings (SSSR count). The topological polar surface area (TPSA) is 115 Å². The highest BCUT2D eigenvalue weighted by atomic mass is 35.5. The van der Waals surface area contributed by atoms with E-state index in [1.165, 1.54) is 6.07 Å². The first-order valence-corrected chi connectivity index (χ1v) is 7.36. The molecule has 0 heterocycles. The van der Waals surface area contributed by atoms with Crippen LogP contribution in [0.15, 0.2) is 17.0 Å². The van der Waals surface area contributed by atoms with Crippen molar-refractivity contribution < 1.29 is 13.2 Å². The van der Waals surface area contributed by atoms with Crippen molar-refractivity contribution in [3.05, 3.63) is 28.8 Å². The van der Waals surface area contributed by atoms with Gasteiger partial charge in [-0.3, -0.25) is 4.79 Å². The van der Waals surface area contributed by atoms with E-state index in [9.17, 15) is 13.2 Å². The average molecular weight is 322 g/mol. The van der Waals surface area contributed by atoms with Gasteiger partial charge in [0, 0.05) is 18.2 Å². The molecule has 0 spiro atoms. The highest BCUT2D eigenvalue weighted by molar-refractivity contribution is 7.89. The summed E-state index contributed by atoms with van der Waals surface area (Å²) in [5.41, 5.74) is 6.92. The van der Waals surface area contributed by atoms with Crippen LogP contribution in [0.25, 0.3) is 0 Å². The maximum Gasteiger partial charge on any atom is 0.251 e. The van der Waals surface area contributed by atoms with Crippen LogP contribution in [0.1, 0.15) is 28.4 Å². The molecule has 1 amide bonds. The van der Waals surface area contributed by atoms with E-state index in [1.807, 2.05) is 0 Å². The number of carbonyl (C=O) groups excluding carboxylic acids is 1. The molecule has 114 valence electrons. The molecule has 5 N–H and O–H groups in total. The van der Waals surface area contributed by atoms with Gasteiger partial charge >= 0.3 is 0 Å². The summed E-state index contributed by atoms with van der Waals surface area (Å²) in [7, 11) is -3.85. The molecule has 0 aliphatic rings. The number of rotatable bonds is 4. The van der Waals surface area contributed by atoms with Crippen molar-refractivity contribution in [2.24, 2.45) is 10.9 Å². The Kier molecular flexibility index (Phi) is 6.63. The summed E-state index contributed by atoms with van der Waals surface area (Å²) in [6.45, 7) is 5.45. The summed E-state index contributed by atoms with van der Waals surface area (Å²) in [4.78, 5) is 11.9. The van der Waals surface area contributed by atoms with E-state index in [0.29, 0.717) is 17.7 Å². The van der Waals surface area contributed by atoms with Crippen LogP contribution in [0.4, 0.5) is 0 Å². The third-order valence-corrected chi connectivity index (χ3v) is 3.96. The van der Waals surface area contributed by atoms with E-state index >= 15 is 0 Å². The molecular formula is C12H20ClN3O3S. The van der Waals surface area contributed by atoms with Crippen molar-refractivity contribution in [3.8, 4) is 0 Å². The molecule has 0 unspecified atom stereocenters. The zero-order chi connectivity index (χ0) is 14.8. The lowest BCUT2D eigenvalue weighted by molar-refractivity contribution is 0.0941. The van der Waals surface area contributed by atoms with E-state index in [0.717, 1.165) is 0 Å². The largest absolute Gasteiger partial charge is 0.348 e. The van der Waals surface area contributed by atoms with Crippen molar-refractivity contribution >= 4 is 28.3 Å². The van der Waals surface area contributed by atoms with Gasteiger partial charge in [-0.2, -0.15) is 0 Å². The van der Waals surface area contributed by atoms with Gasteiger partial charge in [0.25, 0.3) is 5.91 Å². The molecule has 6 nitrogen and oxygen atoms in total. The molecule has 0 aliphatic carbocycles. The molecule has 0 radical (unpaired) electrons. The number of primary sulfonamides is 1. The molecule has 0 bridgehead atoms. The van der Waals surface area contributed by atoms with E-state index in [-0.39, 0.29) is 34.8 Å². The fourth-order valence-corrected chi connectivity index (χ4v) is 2.50. The highest BCUT2D eigenvalue weighted by Crippen LogP contribution is 2.20. The standard InChI is InChI=1S/C12H19N3O3S.ClH/c1-7-4-10(12(16)15-8(2)6-13)5-11(9(7)3)19(14,17)18;/h4-5,8H,6,13H2,1-3H3,(H,15,16)(H2,14,17,18);1H/t8-;/m0./s1. The van der Waals surface area contributed by atoms with Gasteiger partial charge in [0.2, 0.25) is 10.0 Å². The minimum Gasteiger partial charge on any atom is -0.348 e. The van der Waals surface area contributed by atoms with Crippen molar-refractivity contribution in [1.82, 2.24) is 5.32 Å². The molecule has 0 saturated carbocycles. The van der Waals surface area contributed by atoms with Crippen LogP contribution in [0, 0.1) is 13.8 Å². The van der Waals surface area contributed by atoms with Crippen molar-refractivity contribution in [2.75, 3.05) is 6.54 Å². The minimum absolute atomic E-state index is 0. The first kappa shape index (κ1) is 18.9. The summed E-state index contributed by atoms with van der Waals surface area (Å²) < 4.78 is 23.0. The monoisotopic (exact) mass is 321 g/mol. The SMILES string of the molecule is Cc1cc(C(=O)N[C@@H](C)CN)cc(S(N)(=O)=O)c1C.Cl. The lowest BCUT2D eigenvalue weighted by Gasteiger charge is -2.14. The van der Waals surface area contributed by atoms with E-state index < -0.39 is 10.0 Å². The normalized spacial score (nSPS) is 12.4. The zero-order valence-corrected chi connectivity index (χ0v) is 13.3. The Labute approximate surface area is 125 Å². The van der Waals surface area contributed by atoms with Crippen LogP contribution < -0.4 is 16.2 Å². The fraction of sp³-hybridized carbons (Fsp3) is 0.417. The Bertz CT molecular complexity index is 602. The maximum absolute atomic E-state index is 12.0. The van der Waals surface area contributed by atoms with E-state index in [2.05, 4.69) is 5.32 Å². The Balaban J connectivity index is 0.00000361. The zero-order valence-electron chi connectivity index (χ0n) is 11.6. The van der Waals surface area contributed by atoms with Crippen LogP contribution in [0.2, 0.25) is 0 Å². The van der Waals surface area contributed by atoms with Gasteiger partial charge in [0.1, 0.15) is 0 Å². The Morgan fingerprint density at radius 1 is 1.35 bits per heavy atom. The second-order valence-electron chi connectivity index (χ2n) is 4.57. The average Bonchev–Trinajstić information content (AvgIpc) is 2.30. The highest BCUT2D eigenvalue weighted by Gasteiger charge is 2.18. The molecule has 0 fully saturated rings. The third-order valence-electron chi connectivity index (χ3n) is 2.92. The molecule has 1 aromatic carbocycles. The van der Waals surface area contributed by atoms with Crippen LogP contribution in [-0.4, -0.2) is 26.9 Å². The number of benzene rings is 1. The van der Waals surface area contributed by atoms with Crippen LogP contribution in [-0.2, 0) is 10.0 Å². The Morgan fingerprint density at radius 2 is 1.90 bits per heavy atom. The van der Waals surface area contributed by atoms with E-state index in [4.69, 9.17) is 10.9 Å². The number of nitrogens with two attached hydrogens (primary N) is 2. The summed E-state index contributed by atoms with van der Waals surface area (Å²) in [6.07, 6.45) is 0. The molecule has 0 aliphatic heterocycles. The molecular weight excluding hydrogens is 302 g/mol. The molecule has 1 atom stereocenters. The second-order valence-corrected chi connectivity index (χ2v) is 6.10. The van der Waals surface area contributed by atoms with Gasteiger partial charge in [-0.1, -0.05) is 0 Å². The van der Waals surface area contributed by atoms with Gasteiger partial charge in [0.15, 0.2) is 0 Å². The summed E-state index contributed by atoms with van der Waals surface area (Å²) in [5, 5.41) is 7.82. The summed E-state index contributed by atoms with van der Waals surface area (Å²) in [6, 6.07) is 2.73. The van der Waals surface area contributed by atoms with Crippen LogP contribution >= 0.6 is 12.4 Å². The van der Waals surface area contributed by atoms with Gasteiger partial charge in [-0.15, -0.1) is 12.4 Å². The summed E-state index contributed by atoms with van der Waals surface area (Å²) in [5.74, 6) is -0.369. The number of hydrogen-bond donors (Lipinski definition) is 3. The fourth-order valence-electron chi connectivity index (χ4n) is 1.62. The van der Waals surface area contributed by atoms with Crippen LogP contribution in [0.3, 0.4) is 0 Å². The Morgan fingerprint density at radius 3 is 2.35 bits per heavy atom. The number of hydrogen-bond acceptors (Lipinski definition) is 4. The second kappa shape index (κ2) is 7.03. The predicted octanol–water partition coefficient (Wildman–Crippen LogP) is 0.450. The van der Waals surface area contributed by atoms with Crippen molar-refractivity contribution in [2.45, 2.75) is 31.7 Å². The van der Waals surface area contributed by atoms with Gasteiger partial charge in [0.05, 0.1) is 4.90 Å². The molecule has 1 aromatic rings. The first-order chi connectivity index (χ1) is 8.66. The van der Waals surface area contributed by atoms with Gasteiger partial charge < -0.3 is 11.1 Å². The number of halogens is 1. The number of nitrogens with one attached hydrogen (secondary N) is 1. The van der Waals surface area contributed by atoms with Crippen molar-refractivity contribution in [1.29, 1.82) is 0 Å². The predicted molar refractivity (Wildman–Crippen MR) is 80.5 cm³/mol. The van der Waals surface area contributed by atoms with Crippen molar-refractivity contribution in [3.63, 3.8) is 0 Å². The molecule has 8 heteroatoms. The number of sulfonamides is 1. The minimum atomic E-state index is -3.85. The lowest BCUT2D eigenvalue weighted by Crippen LogP contribution is -2.37. The van der Waals surface area contributed by atoms with Gasteiger partial charge in [-0.25, -0.2) is 13.6 Å². The number of carbonyl (C=O) groups is 1. The Hall–Kier alpha value is -1.15. The third kappa shape index (κ3) is 4.45. The number of aryl methyl sites for hydroxylation is 1. The summed E-state index contributed by atoms with van der Waals surface area (Å²) >= 11 is 0. The van der Waals surface area contributed by atoms with E-state index in [1.54, 1.807) is 26.8 Å². The first-order valence-electron chi connectivity index (χ1n) is 5.81. The maximum atomic E-state index is 12.0. The quantitative estimate of drug-likeness (QED) is 0.746.